The summed E-state index contributed by atoms with van der Waals surface area (Å²) in [5, 5.41) is 24.0. The van der Waals surface area contributed by atoms with E-state index in [1.807, 2.05) is 12.1 Å². The zero-order chi connectivity index (χ0) is 17.6. The number of rotatable bonds is 3. The molecule has 130 valence electrons. The molecule has 2 N–H and O–H groups in total. The third kappa shape index (κ3) is 2.58. The van der Waals surface area contributed by atoms with Crippen LogP contribution in [0.5, 0.6) is 5.75 Å². The van der Waals surface area contributed by atoms with Gasteiger partial charge in [0.2, 0.25) is 0 Å². The average Bonchev–Trinajstić information content (AvgIpc) is 2.66. The number of hydrogen-bond donors (Lipinski definition) is 2. The van der Waals surface area contributed by atoms with Crippen LogP contribution in [0.4, 0.5) is 0 Å². The molecule has 0 atom stereocenters. The quantitative estimate of drug-likeness (QED) is 0.722. The van der Waals surface area contributed by atoms with Crippen molar-refractivity contribution >= 4 is 21.5 Å². The first-order chi connectivity index (χ1) is 12.2. The summed E-state index contributed by atoms with van der Waals surface area (Å²) in [4.78, 5) is 2.34. The summed E-state index contributed by atoms with van der Waals surface area (Å²) in [6, 6.07) is 10.3. The smallest absolute Gasteiger partial charge is 0.125 e. The Morgan fingerprint density at radius 3 is 2.48 bits per heavy atom. The predicted molar refractivity (Wildman–Crippen MR) is 99.9 cm³/mol. The summed E-state index contributed by atoms with van der Waals surface area (Å²) in [5.41, 5.74) is 4.43. The number of fused-ring (bicyclic) bond motifs is 6. The summed E-state index contributed by atoms with van der Waals surface area (Å²) >= 11 is 0. The van der Waals surface area contributed by atoms with Gasteiger partial charge in [-0.3, -0.25) is 0 Å². The van der Waals surface area contributed by atoms with E-state index in [1.165, 1.54) is 21.9 Å². The van der Waals surface area contributed by atoms with Crippen LogP contribution in [-0.2, 0) is 26.2 Å². The van der Waals surface area contributed by atoms with Crippen LogP contribution in [-0.4, -0.2) is 35.8 Å². The molecular weight excluding hydrogens is 314 g/mol. The molecule has 0 saturated heterocycles. The van der Waals surface area contributed by atoms with E-state index in [4.69, 9.17) is 4.74 Å². The van der Waals surface area contributed by atoms with Crippen LogP contribution in [0.1, 0.15) is 22.3 Å². The van der Waals surface area contributed by atoms with E-state index in [9.17, 15) is 10.2 Å². The zero-order valence-corrected chi connectivity index (χ0v) is 14.7. The lowest BCUT2D eigenvalue weighted by molar-refractivity contribution is 0.274. The van der Waals surface area contributed by atoms with Crippen molar-refractivity contribution < 1.29 is 14.9 Å². The van der Waals surface area contributed by atoms with Crippen LogP contribution in [0.15, 0.2) is 30.3 Å². The van der Waals surface area contributed by atoms with Crippen molar-refractivity contribution in [3.63, 3.8) is 0 Å². The molecule has 0 saturated carbocycles. The molecule has 0 spiro atoms. The minimum Gasteiger partial charge on any atom is -0.496 e. The van der Waals surface area contributed by atoms with Gasteiger partial charge in [-0.25, -0.2) is 0 Å². The Balaban J connectivity index is 2.16. The van der Waals surface area contributed by atoms with Crippen molar-refractivity contribution in [2.75, 3.05) is 20.7 Å². The predicted octanol–water partition coefficient (Wildman–Crippen LogP) is 2.97. The van der Waals surface area contributed by atoms with E-state index in [0.29, 0.717) is 0 Å². The van der Waals surface area contributed by atoms with Crippen molar-refractivity contribution in [3.8, 4) is 5.75 Å². The minimum atomic E-state index is -0.0554. The summed E-state index contributed by atoms with van der Waals surface area (Å²) < 4.78 is 5.50. The van der Waals surface area contributed by atoms with Crippen molar-refractivity contribution in [2.24, 2.45) is 0 Å². The van der Waals surface area contributed by atoms with Gasteiger partial charge in [0.05, 0.1) is 20.3 Å². The first kappa shape index (κ1) is 16.3. The van der Waals surface area contributed by atoms with Crippen LogP contribution in [0, 0.1) is 0 Å². The molecule has 0 aliphatic carbocycles. The van der Waals surface area contributed by atoms with E-state index >= 15 is 0 Å². The van der Waals surface area contributed by atoms with Gasteiger partial charge in [-0.1, -0.05) is 12.1 Å². The van der Waals surface area contributed by atoms with Crippen LogP contribution >= 0.6 is 0 Å². The molecule has 4 nitrogen and oxygen atoms in total. The fourth-order valence-corrected chi connectivity index (χ4v) is 4.03. The SMILES string of the molecule is COc1cc2c3c(c4ccc(CO)cc4c2cc1CO)CN(C)CC3. The second kappa shape index (κ2) is 6.30. The van der Waals surface area contributed by atoms with Crippen LogP contribution in [0.25, 0.3) is 21.5 Å². The first-order valence-corrected chi connectivity index (χ1v) is 8.63. The highest BCUT2D eigenvalue weighted by Gasteiger charge is 2.21. The lowest BCUT2D eigenvalue weighted by atomic mass is 9.86. The molecule has 1 heterocycles. The van der Waals surface area contributed by atoms with Gasteiger partial charge in [0, 0.05) is 18.7 Å². The van der Waals surface area contributed by atoms with E-state index in [-0.39, 0.29) is 13.2 Å². The maximum atomic E-state index is 9.73. The van der Waals surface area contributed by atoms with E-state index in [2.05, 4.69) is 30.1 Å². The van der Waals surface area contributed by atoms with Gasteiger partial charge in [-0.05, 0) is 69.9 Å². The molecule has 4 heteroatoms. The van der Waals surface area contributed by atoms with Gasteiger partial charge in [0.15, 0.2) is 0 Å². The molecule has 3 aromatic carbocycles. The average molecular weight is 337 g/mol. The second-order valence-electron chi connectivity index (χ2n) is 6.85. The third-order valence-corrected chi connectivity index (χ3v) is 5.33. The number of hydrogen-bond acceptors (Lipinski definition) is 4. The number of benzene rings is 3. The minimum absolute atomic E-state index is 0.0252. The highest BCUT2D eigenvalue weighted by molar-refractivity contribution is 6.11. The number of aliphatic hydroxyl groups excluding tert-OH is 2. The molecule has 1 aliphatic heterocycles. The Kier molecular flexibility index (Phi) is 4.12. The number of methoxy groups -OCH3 is 1. The highest BCUT2D eigenvalue weighted by Crippen LogP contribution is 2.39. The Morgan fingerprint density at radius 2 is 1.76 bits per heavy atom. The van der Waals surface area contributed by atoms with Crippen molar-refractivity contribution in [1.29, 1.82) is 0 Å². The molecule has 0 aromatic heterocycles. The maximum Gasteiger partial charge on any atom is 0.125 e. The summed E-state index contributed by atoms with van der Waals surface area (Å²) in [7, 11) is 3.79. The fourth-order valence-electron chi connectivity index (χ4n) is 4.03. The van der Waals surface area contributed by atoms with Gasteiger partial charge >= 0.3 is 0 Å². The van der Waals surface area contributed by atoms with Crippen LogP contribution < -0.4 is 4.74 Å². The number of likely N-dealkylation sites (N-methyl/N-ethyl adjacent to an activating group) is 1. The van der Waals surface area contributed by atoms with Gasteiger partial charge in [-0.15, -0.1) is 0 Å². The topological polar surface area (TPSA) is 52.9 Å². The van der Waals surface area contributed by atoms with E-state index in [0.717, 1.165) is 47.2 Å². The zero-order valence-electron chi connectivity index (χ0n) is 14.7. The molecule has 0 fully saturated rings. The Morgan fingerprint density at radius 1 is 0.960 bits per heavy atom. The standard InChI is InChI=1S/C21H23NO3/c1-22-6-5-16-19-9-21(25-2)14(12-24)8-18(19)17-7-13(11-23)3-4-15(17)20(16)10-22/h3-4,7-9,23-24H,5-6,10-12H2,1-2H3. The molecule has 0 radical (unpaired) electrons. The second-order valence-corrected chi connectivity index (χ2v) is 6.85. The Bertz CT molecular complexity index is 965. The first-order valence-electron chi connectivity index (χ1n) is 8.63. The van der Waals surface area contributed by atoms with Crippen molar-refractivity contribution in [3.05, 3.63) is 52.6 Å². The lowest BCUT2D eigenvalue weighted by Crippen LogP contribution is -2.27. The van der Waals surface area contributed by atoms with E-state index in [1.54, 1.807) is 7.11 Å². The van der Waals surface area contributed by atoms with Gasteiger partial charge in [0.25, 0.3) is 0 Å². The summed E-state index contributed by atoms with van der Waals surface area (Å²) in [5.74, 6) is 0.730. The third-order valence-electron chi connectivity index (χ3n) is 5.33. The normalized spacial score (nSPS) is 14.9. The monoisotopic (exact) mass is 337 g/mol. The Labute approximate surface area is 147 Å². The molecular formula is C21H23NO3. The van der Waals surface area contributed by atoms with Gasteiger partial charge in [-0.2, -0.15) is 0 Å². The van der Waals surface area contributed by atoms with Gasteiger partial charge < -0.3 is 19.8 Å². The van der Waals surface area contributed by atoms with Crippen molar-refractivity contribution in [1.82, 2.24) is 4.90 Å². The van der Waals surface area contributed by atoms with Crippen LogP contribution in [0.2, 0.25) is 0 Å². The Hall–Kier alpha value is -2.14. The number of nitrogens with zero attached hydrogens (tertiary/aromatic N) is 1. The molecule has 3 aromatic rings. The molecule has 0 bridgehead atoms. The molecule has 4 rings (SSSR count). The fraction of sp³-hybridized carbons (Fsp3) is 0.333. The number of ether oxygens (including phenoxy) is 1. The summed E-state index contributed by atoms with van der Waals surface area (Å²) in [6.07, 6.45) is 1.00. The molecule has 0 unspecified atom stereocenters. The van der Waals surface area contributed by atoms with Crippen LogP contribution in [0.3, 0.4) is 0 Å². The lowest BCUT2D eigenvalue weighted by Gasteiger charge is -2.28. The van der Waals surface area contributed by atoms with E-state index < -0.39 is 0 Å². The molecule has 0 amide bonds. The maximum absolute atomic E-state index is 9.73. The van der Waals surface area contributed by atoms with Gasteiger partial charge in [0.1, 0.15) is 5.75 Å². The molecule has 25 heavy (non-hydrogen) atoms. The number of aliphatic hydroxyl groups is 2. The largest absolute Gasteiger partial charge is 0.496 e. The highest BCUT2D eigenvalue weighted by atomic mass is 16.5. The summed E-state index contributed by atoms with van der Waals surface area (Å²) in [6.45, 7) is 1.92. The molecule has 1 aliphatic rings. The van der Waals surface area contributed by atoms with Crippen molar-refractivity contribution in [2.45, 2.75) is 26.2 Å².